The lowest BCUT2D eigenvalue weighted by Gasteiger charge is -2.10. The van der Waals surface area contributed by atoms with Gasteiger partial charge in [-0.2, -0.15) is 0 Å². The zero-order chi connectivity index (χ0) is 12.7. The quantitative estimate of drug-likeness (QED) is 0.861. The van der Waals surface area contributed by atoms with Crippen molar-refractivity contribution < 1.29 is 9.26 Å². The summed E-state index contributed by atoms with van der Waals surface area (Å²) >= 11 is 1.86. The van der Waals surface area contributed by atoms with Gasteiger partial charge in [0.1, 0.15) is 5.76 Å². The van der Waals surface area contributed by atoms with Gasteiger partial charge in [0, 0.05) is 29.0 Å². The lowest BCUT2D eigenvalue weighted by Crippen LogP contribution is -2.09. The van der Waals surface area contributed by atoms with Crippen molar-refractivity contribution in [3.63, 3.8) is 0 Å². The van der Waals surface area contributed by atoms with Crippen LogP contribution in [0.5, 0.6) is 0 Å². The highest BCUT2D eigenvalue weighted by atomic mass is 32.1. The number of aryl methyl sites for hydroxylation is 2. The predicted octanol–water partition coefficient (Wildman–Crippen LogP) is 2.87. The highest BCUT2D eigenvalue weighted by Crippen LogP contribution is 2.41. The fourth-order valence-corrected chi connectivity index (χ4v) is 3.56. The van der Waals surface area contributed by atoms with Crippen molar-refractivity contribution in [2.75, 3.05) is 6.61 Å². The van der Waals surface area contributed by atoms with Crippen LogP contribution < -0.4 is 0 Å². The molecule has 4 nitrogen and oxygen atoms in total. The monoisotopic (exact) mass is 276 g/mol. The smallest absolute Gasteiger partial charge is 0.144 e. The van der Waals surface area contributed by atoms with Crippen LogP contribution in [-0.4, -0.2) is 16.7 Å². The Labute approximate surface area is 115 Å². The first kappa shape index (κ1) is 11.6. The molecule has 1 aliphatic carbocycles. The summed E-state index contributed by atoms with van der Waals surface area (Å²) < 4.78 is 10.9. The van der Waals surface area contributed by atoms with Crippen molar-refractivity contribution in [2.45, 2.75) is 44.6 Å². The SMILES string of the molecule is c1nc(C2CC2)sc1CCc1noc2c1COCC2. The first-order valence-electron chi connectivity index (χ1n) is 6.89. The average Bonchev–Trinajstić information content (AvgIpc) is 3.05. The van der Waals surface area contributed by atoms with Crippen LogP contribution in [-0.2, 0) is 30.6 Å². The van der Waals surface area contributed by atoms with Crippen molar-refractivity contribution >= 4 is 11.3 Å². The Bertz CT molecular complexity index is 586. The molecule has 0 amide bonds. The van der Waals surface area contributed by atoms with E-state index >= 15 is 0 Å². The summed E-state index contributed by atoms with van der Waals surface area (Å²) in [6, 6.07) is 0. The molecule has 1 saturated carbocycles. The molecule has 0 saturated heterocycles. The van der Waals surface area contributed by atoms with E-state index < -0.39 is 0 Å². The molecule has 2 aliphatic rings. The van der Waals surface area contributed by atoms with Crippen LogP contribution in [0.4, 0.5) is 0 Å². The second-order valence-electron chi connectivity index (χ2n) is 5.27. The van der Waals surface area contributed by atoms with Gasteiger partial charge in [-0.25, -0.2) is 4.98 Å². The molecular weight excluding hydrogens is 260 g/mol. The first-order chi connectivity index (χ1) is 9.40. The summed E-state index contributed by atoms with van der Waals surface area (Å²) in [5, 5.41) is 5.52. The van der Waals surface area contributed by atoms with Crippen molar-refractivity contribution in [2.24, 2.45) is 0 Å². The Balaban J connectivity index is 1.44. The van der Waals surface area contributed by atoms with Crippen LogP contribution in [0.3, 0.4) is 0 Å². The molecule has 0 spiro atoms. The third-order valence-electron chi connectivity index (χ3n) is 3.78. The molecule has 2 aromatic rings. The third kappa shape index (κ3) is 2.32. The molecule has 0 aromatic carbocycles. The van der Waals surface area contributed by atoms with E-state index in [9.17, 15) is 0 Å². The number of thiazole rings is 1. The van der Waals surface area contributed by atoms with Crippen LogP contribution >= 0.6 is 11.3 Å². The minimum Gasteiger partial charge on any atom is -0.376 e. The summed E-state index contributed by atoms with van der Waals surface area (Å²) in [7, 11) is 0. The summed E-state index contributed by atoms with van der Waals surface area (Å²) in [4.78, 5) is 5.87. The fourth-order valence-electron chi connectivity index (χ4n) is 2.48. The maximum Gasteiger partial charge on any atom is 0.144 e. The molecule has 0 bridgehead atoms. The van der Waals surface area contributed by atoms with Gasteiger partial charge in [-0.15, -0.1) is 11.3 Å². The molecule has 0 atom stereocenters. The fraction of sp³-hybridized carbons (Fsp3) is 0.571. The van der Waals surface area contributed by atoms with E-state index in [1.165, 1.54) is 28.3 Å². The number of aromatic nitrogens is 2. The molecule has 4 rings (SSSR count). The zero-order valence-corrected chi connectivity index (χ0v) is 11.5. The van der Waals surface area contributed by atoms with Gasteiger partial charge >= 0.3 is 0 Å². The lowest BCUT2D eigenvalue weighted by atomic mass is 10.1. The Morgan fingerprint density at radius 1 is 1.32 bits per heavy atom. The molecule has 1 aliphatic heterocycles. The van der Waals surface area contributed by atoms with Gasteiger partial charge in [-0.1, -0.05) is 5.16 Å². The van der Waals surface area contributed by atoms with Crippen LogP contribution in [0.1, 0.15) is 45.7 Å². The van der Waals surface area contributed by atoms with E-state index in [1.807, 2.05) is 17.5 Å². The highest BCUT2D eigenvalue weighted by molar-refractivity contribution is 7.11. The molecule has 0 radical (unpaired) electrons. The van der Waals surface area contributed by atoms with Crippen LogP contribution in [0.2, 0.25) is 0 Å². The molecule has 3 heterocycles. The summed E-state index contributed by atoms with van der Waals surface area (Å²) in [5.74, 6) is 1.77. The van der Waals surface area contributed by atoms with E-state index in [4.69, 9.17) is 9.26 Å². The Kier molecular flexibility index (Phi) is 2.89. The van der Waals surface area contributed by atoms with Gasteiger partial charge in [0.05, 0.1) is 23.9 Å². The maximum absolute atomic E-state index is 5.48. The second kappa shape index (κ2) is 4.72. The number of hydrogen-bond donors (Lipinski definition) is 0. The summed E-state index contributed by atoms with van der Waals surface area (Å²) in [5.41, 5.74) is 2.24. The summed E-state index contributed by atoms with van der Waals surface area (Å²) in [6.07, 6.45) is 7.45. The number of fused-ring (bicyclic) bond motifs is 1. The molecule has 100 valence electrons. The zero-order valence-electron chi connectivity index (χ0n) is 10.7. The standard InChI is InChI=1S/C14H16N2O2S/c1-2-9(1)14-15-7-10(19-14)3-4-12-11-8-17-6-5-13(11)18-16-12/h7,9H,1-6,8H2. The van der Waals surface area contributed by atoms with Gasteiger partial charge in [0.2, 0.25) is 0 Å². The summed E-state index contributed by atoms with van der Waals surface area (Å²) in [6.45, 7) is 1.41. The highest BCUT2D eigenvalue weighted by Gasteiger charge is 2.26. The van der Waals surface area contributed by atoms with Gasteiger partial charge in [-0.05, 0) is 25.7 Å². The van der Waals surface area contributed by atoms with Crippen LogP contribution in [0, 0.1) is 0 Å². The molecular formula is C14H16N2O2S. The molecule has 0 N–H and O–H groups in total. The van der Waals surface area contributed by atoms with Gasteiger partial charge in [-0.3, -0.25) is 0 Å². The molecule has 5 heteroatoms. The van der Waals surface area contributed by atoms with E-state index in [2.05, 4.69) is 10.1 Å². The van der Waals surface area contributed by atoms with Crippen molar-refractivity contribution in [1.82, 2.24) is 10.1 Å². The third-order valence-corrected chi connectivity index (χ3v) is 5.00. The predicted molar refractivity (Wildman–Crippen MR) is 71.4 cm³/mol. The number of nitrogens with zero attached hydrogens (tertiary/aromatic N) is 2. The minimum atomic E-state index is 0.657. The number of ether oxygens (including phenoxy) is 1. The van der Waals surface area contributed by atoms with Crippen molar-refractivity contribution in [1.29, 1.82) is 0 Å². The Morgan fingerprint density at radius 2 is 2.26 bits per heavy atom. The largest absolute Gasteiger partial charge is 0.376 e. The second-order valence-corrected chi connectivity index (χ2v) is 6.42. The topological polar surface area (TPSA) is 48.2 Å². The van der Waals surface area contributed by atoms with E-state index in [0.29, 0.717) is 6.61 Å². The average molecular weight is 276 g/mol. The van der Waals surface area contributed by atoms with E-state index in [1.54, 1.807) is 0 Å². The van der Waals surface area contributed by atoms with Crippen molar-refractivity contribution in [3.8, 4) is 0 Å². The lowest BCUT2D eigenvalue weighted by molar-refractivity contribution is 0.102. The molecule has 0 unspecified atom stereocenters. The van der Waals surface area contributed by atoms with Gasteiger partial charge in [0.15, 0.2) is 0 Å². The number of hydrogen-bond acceptors (Lipinski definition) is 5. The van der Waals surface area contributed by atoms with Crippen LogP contribution in [0.15, 0.2) is 10.7 Å². The first-order valence-corrected chi connectivity index (χ1v) is 7.70. The molecule has 19 heavy (non-hydrogen) atoms. The molecule has 2 aromatic heterocycles. The van der Waals surface area contributed by atoms with Gasteiger partial charge in [0.25, 0.3) is 0 Å². The maximum atomic E-state index is 5.48. The minimum absolute atomic E-state index is 0.657. The van der Waals surface area contributed by atoms with E-state index in [0.717, 1.165) is 43.2 Å². The Hall–Kier alpha value is -1.20. The molecule has 1 fully saturated rings. The normalized spacial score (nSPS) is 18.5. The Morgan fingerprint density at radius 3 is 3.16 bits per heavy atom. The van der Waals surface area contributed by atoms with Crippen LogP contribution in [0.25, 0.3) is 0 Å². The van der Waals surface area contributed by atoms with E-state index in [-0.39, 0.29) is 0 Å². The number of rotatable bonds is 4. The van der Waals surface area contributed by atoms with Crippen molar-refractivity contribution in [3.05, 3.63) is 33.1 Å². The van der Waals surface area contributed by atoms with Gasteiger partial charge < -0.3 is 9.26 Å².